The van der Waals surface area contributed by atoms with Crippen molar-refractivity contribution in [3.05, 3.63) is 34.4 Å². The Morgan fingerprint density at radius 1 is 1.19 bits per heavy atom. The van der Waals surface area contributed by atoms with Crippen LogP contribution in [0.4, 0.5) is 5.69 Å². The molecule has 1 aromatic heterocycles. The molecule has 0 radical (unpaired) electrons. The number of hydrogen-bond acceptors (Lipinski definition) is 3. The Hall–Kier alpha value is -1.13. The third-order valence-electron chi connectivity index (χ3n) is 3.76. The molecule has 1 N–H and O–H groups in total. The van der Waals surface area contributed by atoms with Gasteiger partial charge in [0.15, 0.2) is 0 Å². The topological polar surface area (TPSA) is 28.2 Å². The summed E-state index contributed by atoms with van der Waals surface area (Å²) in [7, 11) is 0. The van der Waals surface area contributed by atoms with Crippen molar-refractivity contribution >= 4 is 32.5 Å². The van der Waals surface area contributed by atoms with E-state index in [-0.39, 0.29) is 0 Å². The van der Waals surface area contributed by atoms with E-state index in [4.69, 9.17) is 0 Å². The van der Waals surface area contributed by atoms with Crippen LogP contribution in [0.3, 0.4) is 0 Å². The molecule has 0 spiro atoms. The maximum Gasteiger partial charge on any atom is 0.0726 e. The summed E-state index contributed by atoms with van der Waals surface area (Å²) in [5.41, 5.74) is 3.28. The maximum atomic E-state index is 4.59. The second-order valence-corrected chi connectivity index (χ2v) is 6.20. The van der Waals surface area contributed by atoms with Crippen LogP contribution in [0.2, 0.25) is 0 Å². The summed E-state index contributed by atoms with van der Waals surface area (Å²) in [5.74, 6) is 0. The molecule has 114 valence electrons. The Morgan fingerprint density at radius 3 is 2.67 bits per heavy atom. The fourth-order valence-corrected chi connectivity index (χ4v) is 2.90. The first-order chi connectivity index (χ1) is 10.1. The lowest BCUT2D eigenvalue weighted by molar-refractivity contribution is 0.303. The smallest absolute Gasteiger partial charge is 0.0726 e. The van der Waals surface area contributed by atoms with Gasteiger partial charge in [0.1, 0.15) is 0 Å². The van der Waals surface area contributed by atoms with Gasteiger partial charge in [0.05, 0.1) is 5.52 Å². The molecule has 0 atom stereocenters. The Kier molecular flexibility index (Phi) is 6.00. The van der Waals surface area contributed by atoms with Gasteiger partial charge in [0, 0.05) is 27.8 Å². The van der Waals surface area contributed by atoms with Crippen molar-refractivity contribution in [2.75, 3.05) is 31.5 Å². The largest absolute Gasteiger partial charge is 0.384 e. The first kappa shape index (κ1) is 16.2. The fraction of sp³-hybridized carbons (Fsp3) is 0.471. The molecule has 0 saturated heterocycles. The molecule has 4 heteroatoms. The summed E-state index contributed by atoms with van der Waals surface area (Å²) in [4.78, 5) is 7.04. The molecule has 0 bridgehead atoms. The van der Waals surface area contributed by atoms with E-state index < -0.39 is 0 Å². The van der Waals surface area contributed by atoms with Gasteiger partial charge < -0.3 is 10.2 Å². The maximum absolute atomic E-state index is 4.59. The lowest BCUT2D eigenvalue weighted by atomic mass is 10.1. The van der Waals surface area contributed by atoms with Gasteiger partial charge in [-0.1, -0.05) is 29.8 Å². The van der Waals surface area contributed by atoms with Gasteiger partial charge in [-0.25, -0.2) is 0 Å². The van der Waals surface area contributed by atoms with Crippen molar-refractivity contribution in [1.82, 2.24) is 9.88 Å². The van der Waals surface area contributed by atoms with Gasteiger partial charge in [-0.3, -0.25) is 4.98 Å². The average Bonchev–Trinajstić information content (AvgIpc) is 2.48. The molecule has 0 aliphatic heterocycles. The summed E-state index contributed by atoms with van der Waals surface area (Å²) in [6, 6.07) is 8.37. The number of pyridine rings is 1. The highest BCUT2D eigenvalue weighted by Crippen LogP contribution is 2.26. The first-order valence-electron chi connectivity index (χ1n) is 7.67. The minimum Gasteiger partial charge on any atom is -0.384 e. The average molecular weight is 350 g/mol. The Morgan fingerprint density at radius 2 is 1.95 bits per heavy atom. The van der Waals surface area contributed by atoms with E-state index in [9.17, 15) is 0 Å². The normalized spacial score (nSPS) is 11.3. The standard InChI is InChI=1S/C17H24BrN3/c1-4-21(5-2)10-6-9-19-17-11-13(3)20-16-8-7-14(18)12-15(16)17/h7-8,11-12H,4-6,9-10H2,1-3H3,(H,19,20). The molecule has 0 fully saturated rings. The number of nitrogens with one attached hydrogen (secondary N) is 1. The SMILES string of the molecule is CCN(CC)CCCNc1cc(C)nc2ccc(Br)cc12. The van der Waals surface area contributed by atoms with Gasteiger partial charge in [-0.05, 0) is 57.2 Å². The van der Waals surface area contributed by atoms with Crippen molar-refractivity contribution < 1.29 is 0 Å². The van der Waals surface area contributed by atoms with E-state index in [0.717, 1.165) is 48.3 Å². The molecule has 3 nitrogen and oxygen atoms in total. The second kappa shape index (κ2) is 7.76. The summed E-state index contributed by atoms with van der Waals surface area (Å²) in [6.07, 6.45) is 1.15. The second-order valence-electron chi connectivity index (χ2n) is 5.28. The van der Waals surface area contributed by atoms with Crippen LogP contribution in [0.5, 0.6) is 0 Å². The number of fused-ring (bicyclic) bond motifs is 1. The summed E-state index contributed by atoms with van der Waals surface area (Å²) < 4.78 is 1.09. The van der Waals surface area contributed by atoms with E-state index in [0.29, 0.717) is 0 Å². The summed E-state index contributed by atoms with van der Waals surface area (Å²) in [6.45, 7) is 10.9. The van der Waals surface area contributed by atoms with Crippen LogP contribution >= 0.6 is 15.9 Å². The van der Waals surface area contributed by atoms with E-state index in [1.165, 1.54) is 11.1 Å². The molecule has 1 aromatic carbocycles. The van der Waals surface area contributed by atoms with E-state index in [2.05, 4.69) is 63.2 Å². The highest BCUT2D eigenvalue weighted by molar-refractivity contribution is 9.10. The number of hydrogen-bond donors (Lipinski definition) is 1. The minimum atomic E-state index is 0.988. The molecular formula is C17H24BrN3. The van der Waals surface area contributed by atoms with Gasteiger partial charge in [-0.2, -0.15) is 0 Å². The monoisotopic (exact) mass is 349 g/mol. The molecule has 0 aliphatic carbocycles. The highest BCUT2D eigenvalue weighted by Gasteiger charge is 2.05. The number of rotatable bonds is 7. The molecule has 2 aromatic rings. The van der Waals surface area contributed by atoms with Crippen molar-refractivity contribution in [2.45, 2.75) is 27.2 Å². The zero-order valence-electron chi connectivity index (χ0n) is 13.1. The van der Waals surface area contributed by atoms with Crippen LogP contribution in [0.25, 0.3) is 10.9 Å². The highest BCUT2D eigenvalue weighted by atomic mass is 79.9. The number of aryl methyl sites for hydroxylation is 1. The quantitative estimate of drug-likeness (QED) is 0.748. The molecule has 0 amide bonds. The number of anilines is 1. The Bertz CT molecular complexity index is 594. The molecule has 0 unspecified atom stereocenters. The van der Waals surface area contributed by atoms with E-state index >= 15 is 0 Å². The first-order valence-corrected chi connectivity index (χ1v) is 8.46. The van der Waals surface area contributed by atoms with Gasteiger partial charge in [0.2, 0.25) is 0 Å². The van der Waals surface area contributed by atoms with Crippen LogP contribution in [-0.2, 0) is 0 Å². The van der Waals surface area contributed by atoms with Gasteiger partial charge >= 0.3 is 0 Å². The predicted octanol–water partition coefficient (Wildman–Crippen LogP) is 4.45. The van der Waals surface area contributed by atoms with Crippen LogP contribution in [-0.4, -0.2) is 36.1 Å². The lowest BCUT2D eigenvalue weighted by Gasteiger charge is -2.18. The van der Waals surface area contributed by atoms with Crippen LogP contribution in [0.1, 0.15) is 26.0 Å². The molecule has 21 heavy (non-hydrogen) atoms. The van der Waals surface area contributed by atoms with E-state index in [1.807, 2.05) is 13.0 Å². The van der Waals surface area contributed by atoms with Crippen molar-refractivity contribution in [3.8, 4) is 0 Å². The summed E-state index contributed by atoms with van der Waals surface area (Å²) in [5, 5.41) is 4.75. The molecule has 1 heterocycles. The zero-order chi connectivity index (χ0) is 15.2. The number of nitrogens with zero attached hydrogens (tertiary/aromatic N) is 2. The predicted molar refractivity (Wildman–Crippen MR) is 95.1 cm³/mol. The van der Waals surface area contributed by atoms with Crippen molar-refractivity contribution in [3.63, 3.8) is 0 Å². The van der Waals surface area contributed by atoms with Gasteiger partial charge in [0.25, 0.3) is 0 Å². The Labute approximate surface area is 135 Å². The van der Waals surface area contributed by atoms with E-state index in [1.54, 1.807) is 0 Å². The molecular weight excluding hydrogens is 326 g/mol. The van der Waals surface area contributed by atoms with Crippen LogP contribution in [0, 0.1) is 6.92 Å². The number of aromatic nitrogens is 1. The minimum absolute atomic E-state index is 0.988. The number of benzene rings is 1. The lowest BCUT2D eigenvalue weighted by Crippen LogP contribution is -2.25. The zero-order valence-corrected chi connectivity index (χ0v) is 14.7. The molecule has 0 aliphatic rings. The number of halogens is 1. The van der Waals surface area contributed by atoms with Crippen LogP contribution < -0.4 is 5.32 Å². The van der Waals surface area contributed by atoms with Gasteiger partial charge in [-0.15, -0.1) is 0 Å². The summed E-state index contributed by atoms with van der Waals surface area (Å²) >= 11 is 3.54. The van der Waals surface area contributed by atoms with Crippen molar-refractivity contribution in [1.29, 1.82) is 0 Å². The fourth-order valence-electron chi connectivity index (χ4n) is 2.54. The third-order valence-corrected chi connectivity index (χ3v) is 4.25. The Balaban J connectivity index is 2.06. The molecule has 0 saturated carbocycles. The van der Waals surface area contributed by atoms with Crippen LogP contribution in [0.15, 0.2) is 28.7 Å². The van der Waals surface area contributed by atoms with Crippen molar-refractivity contribution in [2.24, 2.45) is 0 Å². The third kappa shape index (κ3) is 4.42. The molecule has 2 rings (SSSR count).